The van der Waals surface area contributed by atoms with Gasteiger partial charge >= 0.3 is 12.4 Å². The zero-order valence-electron chi connectivity index (χ0n) is 16.2. The minimum atomic E-state index is -4.87. The van der Waals surface area contributed by atoms with Crippen LogP contribution in [0, 0.1) is 0 Å². The Balaban J connectivity index is 1.93. The van der Waals surface area contributed by atoms with Gasteiger partial charge in [0.2, 0.25) is 5.82 Å². The standard InChI is InChI=1S/C17H12F6N6O2S/c1-3-32(30,31)14-7(4-5-10(26-14)16(18,19)20)11-24-8-6-9-13(28-12(8)27-11)29(2)15(25-9)17(21,22)23/h4-6H,3H2,1-2H3,(H,24,27,28). The minimum absolute atomic E-state index is 0.0797. The first kappa shape index (κ1) is 22.0. The number of imidazole rings is 2. The van der Waals surface area contributed by atoms with E-state index in [0.29, 0.717) is 6.07 Å². The third-order valence-electron chi connectivity index (χ3n) is 4.63. The Hall–Kier alpha value is -3.23. The predicted molar refractivity (Wildman–Crippen MR) is 99.1 cm³/mol. The smallest absolute Gasteiger partial charge is 0.336 e. The highest BCUT2D eigenvalue weighted by molar-refractivity contribution is 7.91. The fraction of sp³-hybridized carbons (Fsp3) is 0.294. The number of sulfone groups is 1. The lowest BCUT2D eigenvalue weighted by atomic mass is 10.2. The van der Waals surface area contributed by atoms with Gasteiger partial charge in [-0.15, -0.1) is 0 Å². The van der Waals surface area contributed by atoms with E-state index in [1.165, 1.54) is 13.0 Å². The number of H-pyrrole nitrogens is 1. The molecule has 0 amide bonds. The zero-order chi connectivity index (χ0) is 23.6. The first-order valence-electron chi connectivity index (χ1n) is 8.84. The predicted octanol–water partition coefficient (Wildman–Crippen LogP) is 3.74. The van der Waals surface area contributed by atoms with Crippen LogP contribution in [0.3, 0.4) is 0 Å². The number of nitrogens with one attached hydrogen (secondary N) is 1. The molecule has 0 atom stereocenters. The SMILES string of the molecule is CCS(=O)(=O)c1nc(C(F)(F)F)ccc1-c1nc2nc3c(cc2[nH]1)nc(C(F)(F)F)n3C. The summed E-state index contributed by atoms with van der Waals surface area (Å²) in [6.07, 6.45) is -9.58. The molecule has 0 radical (unpaired) electrons. The maximum Gasteiger partial charge on any atom is 0.449 e. The van der Waals surface area contributed by atoms with Crippen molar-refractivity contribution in [3.8, 4) is 11.4 Å². The van der Waals surface area contributed by atoms with Gasteiger partial charge in [-0.25, -0.2) is 28.4 Å². The Kier molecular flexibility index (Phi) is 4.73. The Bertz CT molecular complexity index is 1470. The molecule has 0 saturated heterocycles. The first-order valence-corrected chi connectivity index (χ1v) is 10.5. The molecule has 0 bridgehead atoms. The molecule has 0 aliphatic carbocycles. The maximum atomic E-state index is 13.1. The van der Waals surface area contributed by atoms with Gasteiger partial charge in [-0.3, -0.25) is 0 Å². The average molecular weight is 478 g/mol. The van der Waals surface area contributed by atoms with Crippen molar-refractivity contribution in [2.24, 2.45) is 7.05 Å². The largest absolute Gasteiger partial charge is 0.449 e. The number of aryl methyl sites for hydroxylation is 1. The topological polar surface area (TPSA) is 106 Å². The number of alkyl halides is 6. The summed E-state index contributed by atoms with van der Waals surface area (Å²) in [7, 11) is -3.06. The zero-order valence-corrected chi connectivity index (χ0v) is 17.0. The molecule has 8 nitrogen and oxygen atoms in total. The van der Waals surface area contributed by atoms with Crippen LogP contribution in [0.15, 0.2) is 23.2 Å². The molecule has 0 fully saturated rings. The number of hydrogen-bond donors (Lipinski definition) is 1. The summed E-state index contributed by atoms with van der Waals surface area (Å²) < 4.78 is 104. The molecular formula is C17H12F6N6O2S. The molecular weight excluding hydrogens is 466 g/mol. The summed E-state index contributed by atoms with van der Waals surface area (Å²) >= 11 is 0. The van der Waals surface area contributed by atoms with Crippen molar-refractivity contribution in [2.75, 3.05) is 5.75 Å². The molecule has 170 valence electrons. The molecule has 0 aliphatic rings. The minimum Gasteiger partial charge on any atom is -0.336 e. The summed E-state index contributed by atoms with van der Waals surface area (Å²) in [5.41, 5.74) is -1.82. The van der Waals surface area contributed by atoms with E-state index >= 15 is 0 Å². The third kappa shape index (κ3) is 3.55. The lowest BCUT2D eigenvalue weighted by Gasteiger charge is -2.11. The van der Waals surface area contributed by atoms with Crippen LogP contribution in [0.5, 0.6) is 0 Å². The van der Waals surface area contributed by atoms with Gasteiger partial charge in [0.1, 0.15) is 17.0 Å². The second-order valence-electron chi connectivity index (χ2n) is 6.73. The van der Waals surface area contributed by atoms with Crippen molar-refractivity contribution in [3.05, 3.63) is 29.7 Å². The van der Waals surface area contributed by atoms with Gasteiger partial charge in [0.15, 0.2) is 26.2 Å². The lowest BCUT2D eigenvalue weighted by Crippen LogP contribution is -2.14. The van der Waals surface area contributed by atoms with Crippen molar-refractivity contribution >= 4 is 32.2 Å². The molecule has 1 N–H and O–H groups in total. The summed E-state index contributed by atoms with van der Waals surface area (Å²) in [5.74, 6) is -1.84. The van der Waals surface area contributed by atoms with Crippen molar-refractivity contribution in [2.45, 2.75) is 24.3 Å². The van der Waals surface area contributed by atoms with E-state index < -0.39 is 44.5 Å². The van der Waals surface area contributed by atoms with Crippen LogP contribution in [0.4, 0.5) is 26.3 Å². The molecule has 15 heteroatoms. The number of hydrogen-bond acceptors (Lipinski definition) is 6. The normalized spacial score (nSPS) is 13.4. The van der Waals surface area contributed by atoms with Crippen LogP contribution in [-0.2, 0) is 29.2 Å². The molecule has 0 aromatic carbocycles. The van der Waals surface area contributed by atoms with Crippen LogP contribution in [-0.4, -0.2) is 43.7 Å². The monoisotopic (exact) mass is 478 g/mol. The maximum absolute atomic E-state index is 13.1. The highest BCUT2D eigenvalue weighted by Crippen LogP contribution is 2.34. The second-order valence-corrected chi connectivity index (χ2v) is 8.92. The Labute approximate surface area is 175 Å². The number of pyridine rings is 2. The molecule has 32 heavy (non-hydrogen) atoms. The van der Waals surface area contributed by atoms with Gasteiger partial charge in [0.05, 0.1) is 16.8 Å². The van der Waals surface area contributed by atoms with Gasteiger partial charge < -0.3 is 9.55 Å². The highest BCUT2D eigenvalue weighted by Gasteiger charge is 2.37. The highest BCUT2D eigenvalue weighted by atomic mass is 32.2. The molecule has 0 spiro atoms. The van der Waals surface area contributed by atoms with Crippen molar-refractivity contribution in [3.63, 3.8) is 0 Å². The molecule has 4 rings (SSSR count). The van der Waals surface area contributed by atoms with Gasteiger partial charge in [-0.2, -0.15) is 26.3 Å². The van der Waals surface area contributed by atoms with Gasteiger partial charge in [-0.05, 0) is 18.2 Å². The fourth-order valence-corrected chi connectivity index (χ4v) is 4.08. The Morgan fingerprint density at radius 2 is 1.69 bits per heavy atom. The number of rotatable bonds is 3. The van der Waals surface area contributed by atoms with E-state index in [1.54, 1.807) is 0 Å². The van der Waals surface area contributed by atoms with Gasteiger partial charge in [0, 0.05) is 7.05 Å². The van der Waals surface area contributed by atoms with Crippen LogP contribution in [0.25, 0.3) is 33.7 Å². The van der Waals surface area contributed by atoms with Crippen LogP contribution >= 0.6 is 0 Å². The number of aromatic nitrogens is 6. The summed E-state index contributed by atoms with van der Waals surface area (Å²) in [6, 6.07) is 2.75. The molecule has 4 heterocycles. The van der Waals surface area contributed by atoms with Crippen molar-refractivity contribution in [1.29, 1.82) is 0 Å². The first-order chi connectivity index (χ1) is 14.7. The Morgan fingerprint density at radius 1 is 1.00 bits per heavy atom. The summed E-state index contributed by atoms with van der Waals surface area (Å²) in [4.78, 5) is 17.6. The van der Waals surface area contributed by atoms with Gasteiger partial charge in [-0.1, -0.05) is 6.92 Å². The number of nitrogens with zero attached hydrogens (tertiary/aromatic N) is 5. The van der Waals surface area contributed by atoms with E-state index in [0.717, 1.165) is 17.7 Å². The second kappa shape index (κ2) is 6.88. The summed E-state index contributed by atoms with van der Waals surface area (Å²) in [6.45, 7) is 1.25. The molecule has 0 saturated carbocycles. The number of halogens is 6. The van der Waals surface area contributed by atoms with E-state index in [4.69, 9.17) is 0 Å². The quantitative estimate of drug-likeness (QED) is 0.450. The lowest BCUT2D eigenvalue weighted by molar-refractivity contribution is -0.146. The van der Waals surface area contributed by atoms with Gasteiger partial charge in [0.25, 0.3) is 0 Å². The number of aromatic amines is 1. The van der Waals surface area contributed by atoms with E-state index in [1.807, 2.05) is 0 Å². The Morgan fingerprint density at radius 3 is 2.28 bits per heavy atom. The van der Waals surface area contributed by atoms with Crippen LogP contribution in [0.2, 0.25) is 0 Å². The molecule has 0 aliphatic heterocycles. The molecule has 4 aromatic heterocycles. The van der Waals surface area contributed by atoms with Crippen molar-refractivity contribution < 1.29 is 34.8 Å². The van der Waals surface area contributed by atoms with Crippen LogP contribution < -0.4 is 0 Å². The van der Waals surface area contributed by atoms with Crippen molar-refractivity contribution in [1.82, 2.24) is 29.5 Å². The molecule has 0 unspecified atom stereocenters. The number of fused-ring (bicyclic) bond motifs is 2. The third-order valence-corrected chi connectivity index (χ3v) is 6.29. The van der Waals surface area contributed by atoms with E-state index in [-0.39, 0.29) is 33.7 Å². The average Bonchev–Trinajstić information content (AvgIpc) is 3.25. The van der Waals surface area contributed by atoms with E-state index in [9.17, 15) is 34.8 Å². The van der Waals surface area contributed by atoms with E-state index in [2.05, 4.69) is 24.9 Å². The van der Waals surface area contributed by atoms with Crippen LogP contribution in [0.1, 0.15) is 18.4 Å². The fourth-order valence-electron chi connectivity index (χ4n) is 3.07. The summed E-state index contributed by atoms with van der Waals surface area (Å²) in [5, 5.41) is -0.823. The molecule has 4 aromatic rings.